The van der Waals surface area contributed by atoms with Gasteiger partial charge in [-0.25, -0.2) is 9.97 Å². The molecule has 2 heterocycles. The van der Waals surface area contributed by atoms with Crippen LogP contribution in [0.2, 0.25) is 0 Å². The minimum absolute atomic E-state index is 0.0627. The van der Waals surface area contributed by atoms with Crippen molar-refractivity contribution >= 4 is 11.5 Å². The molecule has 0 bridgehead atoms. The van der Waals surface area contributed by atoms with Gasteiger partial charge in [0.25, 0.3) is 5.69 Å². The van der Waals surface area contributed by atoms with Gasteiger partial charge in [0, 0.05) is 30.9 Å². The second kappa shape index (κ2) is 5.30. The minimum atomic E-state index is -0.464. The molecule has 0 amide bonds. The molecule has 1 N–H and O–H groups in total. The van der Waals surface area contributed by atoms with Gasteiger partial charge >= 0.3 is 0 Å². The third-order valence-corrected chi connectivity index (χ3v) is 2.54. The van der Waals surface area contributed by atoms with Crippen LogP contribution in [0.5, 0.6) is 5.88 Å². The molecule has 0 aliphatic heterocycles. The first kappa shape index (κ1) is 12.7. The Labute approximate surface area is 109 Å². The van der Waals surface area contributed by atoms with E-state index in [1.165, 1.54) is 19.4 Å². The summed E-state index contributed by atoms with van der Waals surface area (Å²) < 4.78 is 5.01. The number of ether oxygens (including phenoxy) is 1. The molecule has 0 aliphatic carbocycles. The molecule has 0 radical (unpaired) electrons. The standard InChI is InChI=1S/C12H12N4O3/c1-13-10-4-3-9(16(17)18)12(15-10)8-5-6-14-11(7-8)19-2/h3-7H,1-2H3,(H,13,15). The molecular formula is C12H12N4O3. The van der Waals surface area contributed by atoms with Gasteiger partial charge in [-0.2, -0.15) is 0 Å². The highest BCUT2D eigenvalue weighted by Gasteiger charge is 2.18. The zero-order chi connectivity index (χ0) is 13.8. The molecule has 7 heteroatoms. The summed E-state index contributed by atoms with van der Waals surface area (Å²) in [6, 6.07) is 6.23. The largest absolute Gasteiger partial charge is 0.481 e. The van der Waals surface area contributed by atoms with Crippen molar-refractivity contribution in [1.29, 1.82) is 0 Å². The fraction of sp³-hybridized carbons (Fsp3) is 0.167. The quantitative estimate of drug-likeness (QED) is 0.668. The van der Waals surface area contributed by atoms with E-state index in [0.717, 1.165) is 0 Å². The number of anilines is 1. The summed E-state index contributed by atoms with van der Waals surface area (Å²) in [5.74, 6) is 0.930. The first-order valence-corrected chi connectivity index (χ1v) is 5.49. The highest BCUT2D eigenvalue weighted by Crippen LogP contribution is 2.30. The second-order valence-electron chi connectivity index (χ2n) is 3.66. The second-order valence-corrected chi connectivity index (χ2v) is 3.66. The number of hydrogen-bond acceptors (Lipinski definition) is 6. The molecule has 0 fully saturated rings. The van der Waals surface area contributed by atoms with Gasteiger partial charge in [0.2, 0.25) is 5.88 Å². The van der Waals surface area contributed by atoms with E-state index in [4.69, 9.17) is 4.74 Å². The van der Waals surface area contributed by atoms with Gasteiger partial charge in [0.15, 0.2) is 5.69 Å². The lowest BCUT2D eigenvalue weighted by Gasteiger charge is -2.06. The third-order valence-electron chi connectivity index (χ3n) is 2.54. The van der Waals surface area contributed by atoms with Gasteiger partial charge in [-0.15, -0.1) is 0 Å². The Bertz CT molecular complexity index is 616. The number of rotatable bonds is 4. The van der Waals surface area contributed by atoms with Crippen LogP contribution in [0.4, 0.5) is 11.5 Å². The van der Waals surface area contributed by atoms with Gasteiger partial charge < -0.3 is 10.1 Å². The summed E-state index contributed by atoms with van der Waals surface area (Å²) in [6.45, 7) is 0. The topological polar surface area (TPSA) is 90.2 Å². The molecule has 0 saturated carbocycles. The summed E-state index contributed by atoms with van der Waals surface area (Å²) >= 11 is 0. The number of aromatic nitrogens is 2. The SMILES string of the molecule is CNc1ccc([N+](=O)[O-])c(-c2ccnc(OC)c2)n1. The van der Waals surface area contributed by atoms with Crippen molar-refractivity contribution in [3.05, 3.63) is 40.6 Å². The average Bonchev–Trinajstić information content (AvgIpc) is 2.46. The third kappa shape index (κ3) is 2.59. The summed E-state index contributed by atoms with van der Waals surface area (Å²) in [5.41, 5.74) is 0.792. The molecule has 2 aromatic heterocycles. The smallest absolute Gasteiger partial charge is 0.295 e. The van der Waals surface area contributed by atoms with E-state index >= 15 is 0 Å². The van der Waals surface area contributed by atoms with Crippen LogP contribution in [0.1, 0.15) is 0 Å². The fourth-order valence-electron chi connectivity index (χ4n) is 1.62. The number of pyridine rings is 2. The molecular weight excluding hydrogens is 248 g/mol. The molecule has 0 atom stereocenters. The highest BCUT2D eigenvalue weighted by atomic mass is 16.6. The molecule has 0 aliphatic rings. The average molecular weight is 260 g/mol. The number of hydrogen-bond donors (Lipinski definition) is 1. The number of nitro groups is 1. The summed E-state index contributed by atoms with van der Waals surface area (Å²) in [4.78, 5) is 18.8. The maximum Gasteiger partial charge on any atom is 0.295 e. The van der Waals surface area contributed by atoms with Crippen molar-refractivity contribution in [3.63, 3.8) is 0 Å². The van der Waals surface area contributed by atoms with Crippen molar-refractivity contribution in [1.82, 2.24) is 9.97 Å². The van der Waals surface area contributed by atoms with Crippen LogP contribution in [0.25, 0.3) is 11.3 Å². The van der Waals surface area contributed by atoms with Crippen LogP contribution in [0.15, 0.2) is 30.5 Å². The molecule has 0 aromatic carbocycles. The van der Waals surface area contributed by atoms with Crippen LogP contribution in [0.3, 0.4) is 0 Å². The lowest BCUT2D eigenvalue weighted by Crippen LogP contribution is -1.99. The first-order valence-electron chi connectivity index (χ1n) is 5.49. The first-order chi connectivity index (χ1) is 9.15. The van der Waals surface area contributed by atoms with E-state index < -0.39 is 4.92 Å². The van der Waals surface area contributed by atoms with E-state index in [0.29, 0.717) is 17.3 Å². The molecule has 98 valence electrons. The van der Waals surface area contributed by atoms with Crippen LogP contribution >= 0.6 is 0 Å². The Morgan fingerprint density at radius 2 is 2.16 bits per heavy atom. The molecule has 2 aromatic rings. The molecule has 0 spiro atoms. The van der Waals surface area contributed by atoms with Gasteiger partial charge in [0.05, 0.1) is 12.0 Å². The summed E-state index contributed by atoms with van der Waals surface area (Å²) in [5, 5.41) is 13.9. The normalized spacial score (nSPS) is 10.0. The molecule has 2 rings (SSSR count). The maximum atomic E-state index is 11.0. The highest BCUT2D eigenvalue weighted by molar-refractivity contribution is 5.71. The Morgan fingerprint density at radius 3 is 2.79 bits per heavy atom. The number of nitrogens with one attached hydrogen (secondary N) is 1. The molecule has 19 heavy (non-hydrogen) atoms. The predicted molar refractivity (Wildman–Crippen MR) is 70.2 cm³/mol. The zero-order valence-electron chi connectivity index (χ0n) is 10.5. The lowest BCUT2D eigenvalue weighted by atomic mass is 10.1. The van der Waals surface area contributed by atoms with Crippen LogP contribution < -0.4 is 10.1 Å². The van der Waals surface area contributed by atoms with Gasteiger partial charge in [0.1, 0.15) is 5.82 Å². The summed E-state index contributed by atoms with van der Waals surface area (Å²) in [6.07, 6.45) is 1.52. The zero-order valence-corrected chi connectivity index (χ0v) is 10.5. The van der Waals surface area contributed by atoms with Gasteiger partial charge in [-0.05, 0) is 12.1 Å². The lowest BCUT2D eigenvalue weighted by molar-refractivity contribution is -0.384. The van der Waals surface area contributed by atoms with Crippen molar-refractivity contribution < 1.29 is 9.66 Å². The van der Waals surface area contributed by atoms with Crippen LogP contribution in [0, 0.1) is 10.1 Å². The van der Waals surface area contributed by atoms with Gasteiger partial charge in [-0.1, -0.05) is 0 Å². The van der Waals surface area contributed by atoms with Crippen molar-refractivity contribution in [2.45, 2.75) is 0 Å². The van der Waals surface area contributed by atoms with Crippen molar-refractivity contribution in [2.24, 2.45) is 0 Å². The van der Waals surface area contributed by atoms with E-state index in [1.54, 1.807) is 25.2 Å². The number of nitrogens with zero attached hydrogens (tertiary/aromatic N) is 3. The van der Waals surface area contributed by atoms with Crippen molar-refractivity contribution in [3.8, 4) is 17.1 Å². The molecule has 0 unspecified atom stereocenters. The Balaban J connectivity index is 2.60. The van der Waals surface area contributed by atoms with E-state index in [-0.39, 0.29) is 11.4 Å². The molecule has 0 saturated heterocycles. The van der Waals surface area contributed by atoms with Crippen LogP contribution in [-0.2, 0) is 0 Å². The summed E-state index contributed by atoms with van der Waals surface area (Å²) in [7, 11) is 3.18. The minimum Gasteiger partial charge on any atom is -0.481 e. The predicted octanol–water partition coefficient (Wildman–Crippen LogP) is 2.10. The van der Waals surface area contributed by atoms with E-state index in [2.05, 4.69) is 15.3 Å². The number of methoxy groups -OCH3 is 1. The maximum absolute atomic E-state index is 11.0. The Morgan fingerprint density at radius 1 is 1.37 bits per heavy atom. The monoisotopic (exact) mass is 260 g/mol. The van der Waals surface area contributed by atoms with Gasteiger partial charge in [-0.3, -0.25) is 10.1 Å². The van der Waals surface area contributed by atoms with Crippen molar-refractivity contribution in [2.75, 3.05) is 19.5 Å². The van der Waals surface area contributed by atoms with Crippen LogP contribution in [-0.4, -0.2) is 29.0 Å². The molecule has 7 nitrogen and oxygen atoms in total. The van der Waals surface area contributed by atoms with E-state index in [9.17, 15) is 10.1 Å². The fourth-order valence-corrected chi connectivity index (χ4v) is 1.62. The van der Waals surface area contributed by atoms with E-state index in [1.807, 2.05) is 0 Å². The Kier molecular flexibility index (Phi) is 3.56. The Hall–Kier alpha value is -2.70.